The van der Waals surface area contributed by atoms with Gasteiger partial charge in [-0.3, -0.25) is 9.52 Å². The quantitative estimate of drug-likeness (QED) is 0.525. The third kappa shape index (κ3) is 5.49. The van der Waals surface area contributed by atoms with Gasteiger partial charge in [-0.1, -0.05) is 55.5 Å². The predicted molar refractivity (Wildman–Crippen MR) is 120 cm³/mol. The van der Waals surface area contributed by atoms with Crippen molar-refractivity contribution >= 4 is 21.6 Å². The van der Waals surface area contributed by atoms with Crippen LogP contribution in [0.25, 0.3) is 0 Å². The van der Waals surface area contributed by atoms with Gasteiger partial charge in [0.25, 0.3) is 15.9 Å². The molecule has 3 aromatic rings. The summed E-state index contributed by atoms with van der Waals surface area (Å²) >= 11 is 0. The summed E-state index contributed by atoms with van der Waals surface area (Å²) in [5, 5.41) is 2.91. The fraction of sp³-hybridized carbons (Fsp3) is 0.208. The van der Waals surface area contributed by atoms with Crippen molar-refractivity contribution in [3.63, 3.8) is 0 Å². The molecule has 0 aliphatic heterocycles. The summed E-state index contributed by atoms with van der Waals surface area (Å²) in [7, 11) is -4.06. The molecule has 0 aliphatic rings. The van der Waals surface area contributed by atoms with Crippen LogP contribution in [-0.4, -0.2) is 20.9 Å². The van der Waals surface area contributed by atoms with Gasteiger partial charge >= 0.3 is 0 Å². The molecule has 162 valence electrons. The number of halogens is 1. The molecule has 5 nitrogen and oxygen atoms in total. The van der Waals surface area contributed by atoms with E-state index in [4.69, 9.17) is 0 Å². The van der Waals surface area contributed by atoms with Crippen molar-refractivity contribution in [2.24, 2.45) is 0 Å². The van der Waals surface area contributed by atoms with Crippen LogP contribution in [0.15, 0.2) is 77.7 Å². The topological polar surface area (TPSA) is 75.3 Å². The van der Waals surface area contributed by atoms with Crippen LogP contribution in [0.4, 0.5) is 10.1 Å². The van der Waals surface area contributed by atoms with Gasteiger partial charge in [-0.05, 0) is 48.7 Å². The molecule has 7 heteroatoms. The summed E-state index contributed by atoms with van der Waals surface area (Å²) in [6, 6.07) is 19.7. The molecule has 0 fully saturated rings. The van der Waals surface area contributed by atoms with Crippen LogP contribution >= 0.6 is 0 Å². The van der Waals surface area contributed by atoms with Gasteiger partial charge in [-0.15, -0.1) is 0 Å². The number of sulfonamides is 1. The van der Waals surface area contributed by atoms with Crippen LogP contribution < -0.4 is 10.0 Å². The predicted octanol–water partition coefficient (Wildman–Crippen LogP) is 4.86. The molecule has 1 atom stereocenters. The summed E-state index contributed by atoms with van der Waals surface area (Å²) < 4.78 is 41.6. The minimum absolute atomic E-state index is 0.110. The number of carbonyl (C=O) groups is 1. The first-order valence-corrected chi connectivity index (χ1v) is 11.5. The highest BCUT2D eigenvalue weighted by molar-refractivity contribution is 7.92. The Balaban J connectivity index is 1.78. The third-order valence-corrected chi connectivity index (χ3v) is 6.52. The zero-order valence-corrected chi connectivity index (χ0v) is 18.2. The van der Waals surface area contributed by atoms with Crippen LogP contribution in [-0.2, 0) is 10.0 Å². The summed E-state index contributed by atoms with van der Waals surface area (Å²) in [5.41, 5.74) is 1.89. The maximum absolute atomic E-state index is 13.9. The number of aryl methyl sites for hydroxylation is 1. The van der Waals surface area contributed by atoms with E-state index < -0.39 is 15.8 Å². The van der Waals surface area contributed by atoms with Crippen molar-refractivity contribution < 1.29 is 17.6 Å². The number of para-hydroxylation sites is 1. The lowest BCUT2D eigenvalue weighted by Gasteiger charge is -2.17. The Morgan fingerprint density at radius 3 is 2.35 bits per heavy atom. The van der Waals surface area contributed by atoms with Crippen LogP contribution in [0, 0.1) is 12.7 Å². The second-order valence-electron chi connectivity index (χ2n) is 7.29. The molecule has 0 saturated carbocycles. The van der Waals surface area contributed by atoms with Gasteiger partial charge in [-0.2, -0.15) is 0 Å². The van der Waals surface area contributed by atoms with Crippen LogP contribution in [0.2, 0.25) is 0 Å². The number of rotatable bonds is 8. The number of hydrogen-bond donors (Lipinski definition) is 2. The summed E-state index contributed by atoms with van der Waals surface area (Å²) in [6.07, 6.45) is 0.851. The van der Waals surface area contributed by atoms with E-state index in [9.17, 15) is 17.6 Å². The monoisotopic (exact) mass is 440 g/mol. The fourth-order valence-corrected chi connectivity index (χ4v) is 4.39. The van der Waals surface area contributed by atoms with E-state index in [0.29, 0.717) is 12.1 Å². The second kappa shape index (κ2) is 9.75. The van der Waals surface area contributed by atoms with E-state index in [1.54, 1.807) is 13.0 Å². The third-order valence-electron chi connectivity index (χ3n) is 5.15. The van der Waals surface area contributed by atoms with E-state index in [1.165, 1.54) is 36.4 Å². The summed E-state index contributed by atoms with van der Waals surface area (Å²) in [6.45, 7) is 4.23. The highest BCUT2D eigenvalue weighted by Gasteiger charge is 2.20. The van der Waals surface area contributed by atoms with Crippen molar-refractivity contribution in [3.8, 4) is 0 Å². The van der Waals surface area contributed by atoms with E-state index >= 15 is 0 Å². The molecule has 2 N–H and O–H groups in total. The Bertz CT molecular complexity index is 1160. The number of hydrogen-bond acceptors (Lipinski definition) is 3. The van der Waals surface area contributed by atoms with Crippen LogP contribution in [0.1, 0.15) is 40.7 Å². The maximum Gasteiger partial charge on any atom is 0.262 e. The molecular formula is C24H25FN2O3S. The molecule has 3 rings (SSSR count). The van der Waals surface area contributed by atoms with Crippen molar-refractivity contribution in [1.29, 1.82) is 0 Å². The average molecular weight is 441 g/mol. The van der Waals surface area contributed by atoms with Gasteiger partial charge in [0.05, 0.1) is 10.6 Å². The van der Waals surface area contributed by atoms with Gasteiger partial charge < -0.3 is 5.32 Å². The second-order valence-corrected chi connectivity index (χ2v) is 8.97. The standard InChI is InChI=1S/C24H25FN2O3S/c1-3-18(19-9-5-4-6-10-19)16-26-24(28)21-15-20(14-13-17(21)2)31(29,30)27-23-12-8-7-11-22(23)25/h4-15,18,27H,3,16H2,1-2H3,(H,26,28). The number of nitrogens with one attached hydrogen (secondary N) is 2. The SMILES string of the molecule is CCC(CNC(=O)c1cc(S(=O)(=O)Nc2ccccc2F)ccc1C)c1ccccc1. The molecule has 0 aromatic heterocycles. The van der Waals surface area contributed by atoms with Gasteiger partial charge in [0.15, 0.2) is 0 Å². The molecular weight excluding hydrogens is 415 g/mol. The molecule has 0 aliphatic carbocycles. The van der Waals surface area contributed by atoms with Crippen molar-refractivity contribution in [3.05, 3.63) is 95.3 Å². The Hall–Kier alpha value is -3.19. The van der Waals surface area contributed by atoms with Crippen LogP contribution in [0.3, 0.4) is 0 Å². The minimum Gasteiger partial charge on any atom is -0.351 e. The van der Waals surface area contributed by atoms with E-state index in [1.807, 2.05) is 30.3 Å². The van der Waals surface area contributed by atoms with Gasteiger partial charge in [-0.25, -0.2) is 12.8 Å². The van der Waals surface area contributed by atoms with E-state index in [0.717, 1.165) is 12.0 Å². The first kappa shape index (κ1) is 22.5. The van der Waals surface area contributed by atoms with Gasteiger partial charge in [0, 0.05) is 18.0 Å². The first-order valence-electron chi connectivity index (χ1n) is 10.0. The molecule has 3 aromatic carbocycles. The number of benzene rings is 3. The molecule has 1 amide bonds. The normalized spacial score (nSPS) is 12.2. The molecule has 0 saturated heterocycles. The van der Waals surface area contributed by atoms with Gasteiger partial charge in [0.1, 0.15) is 5.82 Å². The highest BCUT2D eigenvalue weighted by atomic mass is 32.2. The zero-order chi connectivity index (χ0) is 22.4. The Kier molecular flexibility index (Phi) is 7.07. The Labute approximate surface area is 182 Å². The van der Waals surface area contributed by atoms with Crippen LogP contribution in [0.5, 0.6) is 0 Å². The number of amides is 1. The van der Waals surface area contributed by atoms with Crippen molar-refractivity contribution in [1.82, 2.24) is 5.32 Å². The van der Waals surface area contributed by atoms with Crippen molar-refractivity contribution in [2.75, 3.05) is 11.3 Å². The van der Waals surface area contributed by atoms with E-state index in [-0.39, 0.29) is 28.0 Å². The lowest BCUT2D eigenvalue weighted by molar-refractivity contribution is 0.0950. The lowest BCUT2D eigenvalue weighted by Crippen LogP contribution is -2.29. The van der Waals surface area contributed by atoms with E-state index in [2.05, 4.69) is 17.0 Å². The molecule has 31 heavy (non-hydrogen) atoms. The van der Waals surface area contributed by atoms with Gasteiger partial charge in [0.2, 0.25) is 0 Å². The highest BCUT2D eigenvalue weighted by Crippen LogP contribution is 2.22. The largest absolute Gasteiger partial charge is 0.351 e. The zero-order valence-electron chi connectivity index (χ0n) is 17.4. The molecule has 1 unspecified atom stereocenters. The lowest BCUT2D eigenvalue weighted by atomic mass is 9.96. The van der Waals surface area contributed by atoms with Crippen molar-refractivity contribution in [2.45, 2.75) is 31.1 Å². The number of carbonyl (C=O) groups excluding carboxylic acids is 1. The molecule has 0 spiro atoms. The summed E-state index contributed by atoms with van der Waals surface area (Å²) in [4.78, 5) is 12.7. The average Bonchev–Trinajstić information content (AvgIpc) is 2.76. The molecule has 0 radical (unpaired) electrons. The summed E-state index contributed by atoms with van der Waals surface area (Å²) in [5.74, 6) is -0.877. The first-order chi connectivity index (χ1) is 14.8. The number of anilines is 1. The smallest absolute Gasteiger partial charge is 0.262 e. The Morgan fingerprint density at radius 2 is 1.68 bits per heavy atom. The maximum atomic E-state index is 13.9. The molecule has 0 heterocycles. The fourth-order valence-electron chi connectivity index (χ4n) is 3.29. The minimum atomic E-state index is -4.06. The molecule has 0 bridgehead atoms. The Morgan fingerprint density at radius 1 is 1.00 bits per heavy atom.